The lowest BCUT2D eigenvalue weighted by Gasteiger charge is -2.42. The van der Waals surface area contributed by atoms with Gasteiger partial charge in [-0.05, 0) is 50.6 Å². The number of aliphatic carboxylic acids is 1. The van der Waals surface area contributed by atoms with Crippen molar-refractivity contribution in [2.75, 3.05) is 19.7 Å². The first-order chi connectivity index (χ1) is 13.4. The number of carboxylic acids is 1. The Balaban J connectivity index is 1.80. The summed E-state index contributed by atoms with van der Waals surface area (Å²) in [6, 6.07) is 7.37. The predicted molar refractivity (Wildman–Crippen MR) is 107 cm³/mol. The monoisotopic (exact) mass is 388 g/mol. The van der Waals surface area contributed by atoms with Crippen LogP contribution in [0.25, 0.3) is 10.9 Å². The van der Waals surface area contributed by atoms with E-state index in [9.17, 15) is 19.8 Å². The number of hydrogen-bond acceptors (Lipinski definition) is 5. The molecule has 0 aliphatic carbocycles. The van der Waals surface area contributed by atoms with Gasteiger partial charge in [-0.2, -0.15) is 0 Å². The van der Waals surface area contributed by atoms with Gasteiger partial charge >= 0.3 is 5.97 Å². The number of nitrogens with zero attached hydrogens (tertiary/aromatic N) is 1. The Hall–Kier alpha value is -2.38. The molecule has 1 fully saturated rings. The van der Waals surface area contributed by atoms with Gasteiger partial charge in [0.25, 0.3) is 5.56 Å². The standard InChI is InChI=1S/C21H28N2O5/c1-3-7-21(20(26)27)8-9-23(13-18(21)24)12-15-10-14-11-16(28-4-2)5-6-17(14)22-19(15)25/h5-6,10-11,18,24H,3-4,7-9,12-13H2,1-2H3,(H,22,25)(H,26,27)/t18-,21+/m1/s1. The van der Waals surface area contributed by atoms with Gasteiger partial charge in [-0.1, -0.05) is 13.3 Å². The number of aliphatic hydroxyl groups is 1. The molecule has 1 saturated heterocycles. The van der Waals surface area contributed by atoms with Crippen LogP contribution in [-0.4, -0.2) is 51.9 Å². The first kappa shape index (κ1) is 20.4. The van der Waals surface area contributed by atoms with Gasteiger partial charge in [0.2, 0.25) is 0 Å². The molecule has 0 radical (unpaired) electrons. The van der Waals surface area contributed by atoms with Gasteiger partial charge in [0.05, 0.1) is 18.1 Å². The summed E-state index contributed by atoms with van der Waals surface area (Å²) in [5, 5.41) is 21.1. The van der Waals surface area contributed by atoms with Crippen molar-refractivity contribution in [1.29, 1.82) is 0 Å². The minimum absolute atomic E-state index is 0.172. The number of hydrogen-bond donors (Lipinski definition) is 3. The van der Waals surface area contributed by atoms with E-state index in [1.165, 1.54) is 0 Å². The molecule has 1 aromatic heterocycles. The number of aliphatic hydroxyl groups excluding tert-OH is 1. The van der Waals surface area contributed by atoms with Crippen molar-refractivity contribution >= 4 is 16.9 Å². The zero-order valence-corrected chi connectivity index (χ0v) is 16.4. The molecule has 0 spiro atoms. The average molecular weight is 388 g/mol. The SMILES string of the molecule is CCC[C@]1(C(=O)O)CCN(Cc2cc3cc(OCC)ccc3[nH]c2=O)C[C@H]1O. The highest BCUT2D eigenvalue weighted by atomic mass is 16.5. The summed E-state index contributed by atoms with van der Waals surface area (Å²) >= 11 is 0. The Labute approximate surface area is 163 Å². The van der Waals surface area contributed by atoms with Crippen molar-refractivity contribution in [2.45, 2.75) is 45.8 Å². The zero-order valence-electron chi connectivity index (χ0n) is 16.4. The van der Waals surface area contributed by atoms with Crippen LogP contribution in [0.5, 0.6) is 5.75 Å². The molecule has 1 aromatic carbocycles. The van der Waals surface area contributed by atoms with Gasteiger partial charge in [0.15, 0.2) is 0 Å². The first-order valence-corrected chi connectivity index (χ1v) is 9.82. The summed E-state index contributed by atoms with van der Waals surface area (Å²) in [5.41, 5.74) is 0.0677. The Morgan fingerprint density at radius 1 is 1.36 bits per heavy atom. The summed E-state index contributed by atoms with van der Waals surface area (Å²) in [4.78, 5) is 29.1. The normalized spacial score (nSPS) is 23.0. The van der Waals surface area contributed by atoms with Crippen LogP contribution >= 0.6 is 0 Å². The van der Waals surface area contributed by atoms with Gasteiger partial charge in [-0.15, -0.1) is 0 Å². The molecule has 3 N–H and O–H groups in total. The van der Waals surface area contributed by atoms with E-state index in [1.54, 1.807) is 0 Å². The predicted octanol–water partition coefficient (Wildman–Crippen LogP) is 2.36. The molecular formula is C21H28N2O5. The first-order valence-electron chi connectivity index (χ1n) is 9.82. The zero-order chi connectivity index (χ0) is 20.3. The van der Waals surface area contributed by atoms with E-state index in [0.717, 1.165) is 16.7 Å². The maximum absolute atomic E-state index is 12.5. The van der Waals surface area contributed by atoms with Crippen molar-refractivity contribution in [1.82, 2.24) is 9.88 Å². The van der Waals surface area contributed by atoms with Crippen molar-refractivity contribution in [3.8, 4) is 5.75 Å². The van der Waals surface area contributed by atoms with Crippen molar-refractivity contribution < 1.29 is 19.7 Å². The summed E-state index contributed by atoms with van der Waals surface area (Å²) in [7, 11) is 0. The Morgan fingerprint density at radius 3 is 2.79 bits per heavy atom. The second kappa shape index (κ2) is 8.32. The molecule has 2 atom stereocenters. The Morgan fingerprint density at radius 2 is 2.14 bits per heavy atom. The van der Waals surface area contributed by atoms with Crippen LogP contribution in [0.2, 0.25) is 0 Å². The van der Waals surface area contributed by atoms with E-state index in [2.05, 4.69) is 4.98 Å². The molecule has 28 heavy (non-hydrogen) atoms. The smallest absolute Gasteiger partial charge is 0.312 e. The van der Waals surface area contributed by atoms with Crippen LogP contribution in [-0.2, 0) is 11.3 Å². The number of ether oxygens (including phenoxy) is 1. The molecule has 0 saturated carbocycles. The molecule has 1 aliphatic heterocycles. The van der Waals surface area contributed by atoms with Crippen molar-refractivity contribution in [3.63, 3.8) is 0 Å². The van der Waals surface area contributed by atoms with E-state index >= 15 is 0 Å². The Bertz CT molecular complexity index is 909. The third-order valence-corrected chi connectivity index (χ3v) is 5.66. The molecule has 152 valence electrons. The highest BCUT2D eigenvalue weighted by molar-refractivity contribution is 5.80. The third-order valence-electron chi connectivity index (χ3n) is 5.66. The van der Waals surface area contributed by atoms with Gasteiger partial charge in [-0.25, -0.2) is 0 Å². The Kier molecular flexibility index (Phi) is 6.05. The minimum atomic E-state index is -1.09. The van der Waals surface area contributed by atoms with Gasteiger partial charge < -0.3 is 19.9 Å². The lowest BCUT2D eigenvalue weighted by atomic mass is 9.73. The number of nitrogens with one attached hydrogen (secondary N) is 1. The molecule has 7 heteroatoms. The number of likely N-dealkylation sites (tertiary alicyclic amines) is 1. The lowest BCUT2D eigenvalue weighted by Crippen LogP contribution is -2.54. The number of H-pyrrole nitrogens is 1. The third kappa shape index (κ3) is 3.91. The maximum Gasteiger partial charge on any atom is 0.312 e. The average Bonchev–Trinajstić information content (AvgIpc) is 2.65. The number of aromatic amines is 1. The minimum Gasteiger partial charge on any atom is -0.494 e. The highest BCUT2D eigenvalue weighted by Crippen LogP contribution is 2.37. The van der Waals surface area contributed by atoms with Crippen LogP contribution in [0.1, 0.15) is 38.7 Å². The quantitative estimate of drug-likeness (QED) is 0.673. The molecular weight excluding hydrogens is 360 g/mol. The number of β-amino-alcohol motifs (C(OH)–C–C–N with tert-alkyl or cyclic N) is 1. The number of rotatable bonds is 7. The summed E-state index contributed by atoms with van der Waals surface area (Å²) in [5.74, 6) is -0.194. The number of benzene rings is 1. The molecule has 7 nitrogen and oxygen atoms in total. The van der Waals surface area contributed by atoms with E-state index in [4.69, 9.17) is 4.74 Å². The fourth-order valence-corrected chi connectivity index (χ4v) is 4.12. The highest BCUT2D eigenvalue weighted by Gasteiger charge is 2.47. The fraction of sp³-hybridized carbons (Fsp3) is 0.524. The number of pyridine rings is 1. The molecule has 1 aliphatic rings. The van der Waals surface area contributed by atoms with Gasteiger partial charge in [0, 0.05) is 29.6 Å². The van der Waals surface area contributed by atoms with E-state index in [0.29, 0.717) is 44.5 Å². The molecule has 0 amide bonds. The number of carbonyl (C=O) groups is 1. The van der Waals surface area contributed by atoms with E-state index in [1.807, 2.05) is 43.0 Å². The van der Waals surface area contributed by atoms with Crippen LogP contribution in [0.3, 0.4) is 0 Å². The largest absolute Gasteiger partial charge is 0.494 e. The van der Waals surface area contributed by atoms with Crippen LogP contribution in [0.15, 0.2) is 29.1 Å². The summed E-state index contributed by atoms with van der Waals surface area (Å²) in [6.07, 6.45) is 0.573. The molecule has 0 unspecified atom stereocenters. The van der Waals surface area contributed by atoms with Crippen LogP contribution in [0, 0.1) is 5.41 Å². The summed E-state index contributed by atoms with van der Waals surface area (Å²) in [6.45, 7) is 5.54. The van der Waals surface area contributed by atoms with E-state index < -0.39 is 17.5 Å². The van der Waals surface area contributed by atoms with Gasteiger partial charge in [-0.3, -0.25) is 14.5 Å². The number of piperidine rings is 1. The molecule has 3 rings (SSSR count). The number of carboxylic acid groups (broad SMARTS) is 1. The number of aromatic nitrogens is 1. The van der Waals surface area contributed by atoms with Crippen molar-refractivity contribution in [3.05, 3.63) is 40.2 Å². The maximum atomic E-state index is 12.5. The van der Waals surface area contributed by atoms with Gasteiger partial charge in [0.1, 0.15) is 5.75 Å². The van der Waals surface area contributed by atoms with E-state index in [-0.39, 0.29) is 12.1 Å². The second-order valence-electron chi connectivity index (χ2n) is 7.52. The molecule has 2 aromatic rings. The van der Waals surface area contributed by atoms with Crippen LogP contribution in [0.4, 0.5) is 0 Å². The van der Waals surface area contributed by atoms with Crippen molar-refractivity contribution in [2.24, 2.45) is 5.41 Å². The van der Waals surface area contributed by atoms with Crippen LogP contribution < -0.4 is 10.3 Å². The second-order valence-corrected chi connectivity index (χ2v) is 7.52. The topological polar surface area (TPSA) is 103 Å². The summed E-state index contributed by atoms with van der Waals surface area (Å²) < 4.78 is 5.53. The molecule has 0 bridgehead atoms. The number of fused-ring (bicyclic) bond motifs is 1. The molecule has 2 heterocycles. The lowest BCUT2D eigenvalue weighted by molar-refractivity contribution is -0.164. The fourth-order valence-electron chi connectivity index (χ4n) is 4.12.